The van der Waals surface area contributed by atoms with Crippen LogP contribution < -0.4 is 5.32 Å². The van der Waals surface area contributed by atoms with E-state index in [0.717, 1.165) is 6.54 Å². The van der Waals surface area contributed by atoms with E-state index in [9.17, 15) is 4.79 Å². The molecule has 0 aliphatic carbocycles. The van der Waals surface area contributed by atoms with Crippen molar-refractivity contribution in [3.8, 4) is 0 Å². The molecule has 1 amide bonds. The molecule has 0 aromatic carbocycles. The lowest BCUT2D eigenvalue weighted by Gasteiger charge is -2.21. The van der Waals surface area contributed by atoms with Gasteiger partial charge in [0.25, 0.3) is 0 Å². The standard InChI is InChI=1S/C10H22N2O2/c1-6-12(4)10(13)7-11-8(2)9(3)14-5/h8-9,11H,6-7H2,1-5H3. The SMILES string of the molecule is CCN(C)C(=O)CNC(C)C(C)OC. The highest BCUT2D eigenvalue weighted by Crippen LogP contribution is 1.95. The predicted molar refractivity (Wildman–Crippen MR) is 57.2 cm³/mol. The average molecular weight is 202 g/mol. The van der Waals surface area contributed by atoms with Crippen molar-refractivity contribution >= 4 is 5.91 Å². The van der Waals surface area contributed by atoms with Gasteiger partial charge >= 0.3 is 0 Å². The van der Waals surface area contributed by atoms with Crippen LogP contribution in [-0.2, 0) is 9.53 Å². The smallest absolute Gasteiger partial charge is 0.236 e. The molecule has 0 heterocycles. The molecule has 0 radical (unpaired) electrons. The van der Waals surface area contributed by atoms with Crippen LogP contribution in [-0.4, -0.2) is 50.2 Å². The lowest BCUT2D eigenvalue weighted by Crippen LogP contribution is -2.43. The van der Waals surface area contributed by atoms with Gasteiger partial charge in [0.05, 0.1) is 12.6 Å². The minimum atomic E-state index is 0.114. The lowest BCUT2D eigenvalue weighted by atomic mass is 10.2. The maximum absolute atomic E-state index is 11.4. The Bertz CT molecular complexity index is 174. The molecule has 14 heavy (non-hydrogen) atoms. The van der Waals surface area contributed by atoms with E-state index in [2.05, 4.69) is 5.32 Å². The number of amides is 1. The number of nitrogens with one attached hydrogen (secondary N) is 1. The summed E-state index contributed by atoms with van der Waals surface area (Å²) in [5.41, 5.74) is 0. The molecule has 2 atom stereocenters. The molecular weight excluding hydrogens is 180 g/mol. The maximum Gasteiger partial charge on any atom is 0.236 e. The van der Waals surface area contributed by atoms with Crippen LogP contribution in [0.5, 0.6) is 0 Å². The molecule has 0 bridgehead atoms. The summed E-state index contributed by atoms with van der Waals surface area (Å²) in [6.07, 6.45) is 0.120. The molecular formula is C10H22N2O2. The second-order valence-corrected chi connectivity index (χ2v) is 3.52. The van der Waals surface area contributed by atoms with Gasteiger partial charge in [-0.2, -0.15) is 0 Å². The van der Waals surface area contributed by atoms with Gasteiger partial charge in [0, 0.05) is 26.7 Å². The normalized spacial score (nSPS) is 14.9. The van der Waals surface area contributed by atoms with Crippen molar-refractivity contribution in [1.82, 2.24) is 10.2 Å². The van der Waals surface area contributed by atoms with E-state index in [1.165, 1.54) is 0 Å². The summed E-state index contributed by atoms with van der Waals surface area (Å²) in [5, 5.41) is 3.13. The van der Waals surface area contributed by atoms with Crippen LogP contribution in [0.25, 0.3) is 0 Å². The fraction of sp³-hybridized carbons (Fsp3) is 0.900. The van der Waals surface area contributed by atoms with Crippen LogP contribution in [0, 0.1) is 0 Å². The number of rotatable bonds is 6. The number of carbonyl (C=O) groups is 1. The third kappa shape index (κ3) is 4.58. The summed E-state index contributed by atoms with van der Waals surface area (Å²) in [5.74, 6) is 0.114. The largest absolute Gasteiger partial charge is 0.380 e. The molecule has 4 nitrogen and oxygen atoms in total. The number of likely N-dealkylation sites (N-methyl/N-ethyl adjacent to an activating group) is 1. The van der Waals surface area contributed by atoms with Crippen molar-refractivity contribution in [3.05, 3.63) is 0 Å². The van der Waals surface area contributed by atoms with Crippen molar-refractivity contribution in [3.63, 3.8) is 0 Å². The van der Waals surface area contributed by atoms with Crippen molar-refractivity contribution in [2.45, 2.75) is 32.9 Å². The zero-order chi connectivity index (χ0) is 11.1. The Hall–Kier alpha value is -0.610. The fourth-order valence-corrected chi connectivity index (χ4v) is 0.930. The summed E-state index contributed by atoms with van der Waals surface area (Å²) >= 11 is 0. The minimum absolute atomic E-state index is 0.114. The predicted octanol–water partition coefficient (Wildman–Crippen LogP) is 0.478. The number of nitrogens with zero attached hydrogens (tertiary/aromatic N) is 1. The molecule has 1 N–H and O–H groups in total. The van der Waals surface area contributed by atoms with E-state index in [4.69, 9.17) is 4.74 Å². The van der Waals surface area contributed by atoms with E-state index in [1.807, 2.05) is 20.8 Å². The Morgan fingerprint density at radius 2 is 2.07 bits per heavy atom. The van der Waals surface area contributed by atoms with Gasteiger partial charge in [-0.15, -0.1) is 0 Å². The highest BCUT2D eigenvalue weighted by molar-refractivity contribution is 5.77. The van der Waals surface area contributed by atoms with Crippen molar-refractivity contribution in [2.75, 3.05) is 27.2 Å². The van der Waals surface area contributed by atoms with Crippen LogP contribution in [0.1, 0.15) is 20.8 Å². The molecule has 84 valence electrons. The zero-order valence-corrected chi connectivity index (χ0v) is 9.83. The Morgan fingerprint density at radius 1 is 1.50 bits per heavy atom. The third-order valence-electron chi connectivity index (χ3n) is 2.55. The van der Waals surface area contributed by atoms with Crippen LogP contribution >= 0.6 is 0 Å². The summed E-state index contributed by atoms with van der Waals surface area (Å²) in [4.78, 5) is 13.1. The first-order chi connectivity index (χ1) is 6.52. The number of ether oxygens (including phenoxy) is 1. The number of hydrogen-bond donors (Lipinski definition) is 1. The molecule has 0 aliphatic heterocycles. The topological polar surface area (TPSA) is 41.6 Å². The van der Waals surface area contributed by atoms with Gasteiger partial charge in [-0.1, -0.05) is 0 Å². The second-order valence-electron chi connectivity index (χ2n) is 3.52. The molecule has 0 aromatic heterocycles. The first kappa shape index (κ1) is 13.4. The van der Waals surface area contributed by atoms with Crippen molar-refractivity contribution in [2.24, 2.45) is 0 Å². The van der Waals surface area contributed by atoms with Crippen LogP contribution in [0.3, 0.4) is 0 Å². The molecule has 0 aliphatic rings. The highest BCUT2D eigenvalue weighted by Gasteiger charge is 2.13. The number of methoxy groups -OCH3 is 1. The van der Waals surface area contributed by atoms with Crippen molar-refractivity contribution in [1.29, 1.82) is 0 Å². The van der Waals surface area contributed by atoms with Gasteiger partial charge < -0.3 is 15.0 Å². The lowest BCUT2D eigenvalue weighted by molar-refractivity contribution is -0.129. The molecule has 2 unspecified atom stereocenters. The maximum atomic E-state index is 11.4. The van der Waals surface area contributed by atoms with Gasteiger partial charge in [-0.3, -0.25) is 4.79 Å². The quantitative estimate of drug-likeness (QED) is 0.681. The van der Waals surface area contributed by atoms with Crippen LogP contribution in [0.15, 0.2) is 0 Å². The molecule has 0 saturated heterocycles. The summed E-state index contributed by atoms with van der Waals surface area (Å²) in [6, 6.07) is 0.189. The molecule has 0 fully saturated rings. The van der Waals surface area contributed by atoms with E-state index >= 15 is 0 Å². The molecule has 4 heteroatoms. The van der Waals surface area contributed by atoms with E-state index in [-0.39, 0.29) is 18.1 Å². The number of hydrogen-bond acceptors (Lipinski definition) is 3. The minimum Gasteiger partial charge on any atom is -0.380 e. The average Bonchev–Trinajstić information content (AvgIpc) is 2.22. The van der Waals surface area contributed by atoms with Crippen LogP contribution in [0.2, 0.25) is 0 Å². The molecule has 0 rings (SSSR count). The van der Waals surface area contributed by atoms with Gasteiger partial charge in [0.1, 0.15) is 0 Å². The van der Waals surface area contributed by atoms with Crippen LogP contribution in [0.4, 0.5) is 0 Å². The van der Waals surface area contributed by atoms with Gasteiger partial charge in [-0.05, 0) is 20.8 Å². The zero-order valence-electron chi connectivity index (χ0n) is 9.83. The molecule has 0 spiro atoms. The van der Waals surface area contributed by atoms with Crippen molar-refractivity contribution < 1.29 is 9.53 Å². The summed E-state index contributed by atoms with van der Waals surface area (Å²) in [6.45, 7) is 7.06. The summed E-state index contributed by atoms with van der Waals surface area (Å²) in [7, 11) is 3.47. The highest BCUT2D eigenvalue weighted by atomic mass is 16.5. The van der Waals surface area contributed by atoms with Gasteiger partial charge in [0.2, 0.25) is 5.91 Å². The first-order valence-electron chi connectivity index (χ1n) is 5.03. The number of carbonyl (C=O) groups excluding carboxylic acids is 1. The fourth-order valence-electron chi connectivity index (χ4n) is 0.930. The third-order valence-corrected chi connectivity index (χ3v) is 2.55. The Balaban J connectivity index is 3.77. The van der Waals surface area contributed by atoms with E-state index in [0.29, 0.717) is 6.54 Å². The second kappa shape index (κ2) is 6.79. The Labute approximate surface area is 86.6 Å². The summed E-state index contributed by atoms with van der Waals surface area (Å²) < 4.78 is 5.14. The molecule has 0 saturated carbocycles. The van der Waals surface area contributed by atoms with Gasteiger partial charge in [-0.25, -0.2) is 0 Å². The first-order valence-corrected chi connectivity index (χ1v) is 5.03. The van der Waals surface area contributed by atoms with E-state index < -0.39 is 0 Å². The Morgan fingerprint density at radius 3 is 2.50 bits per heavy atom. The molecule has 0 aromatic rings. The monoisotopic (exact) mass is 202 g/mol. The van der Waals surface area contributed by atoms with E-state index in [1.54, 1.807) is 19.1 Å². The Kier molecular flexibility index (Phi) is 6.49. The van der Waals surface area contributed by atoms with Gasteiger partial charge in [0.15, 0.2) is 0 Å².